The molecule has 0 aliphatic carbocycles. The van der Waals surface area contributed by atoms with Crippen molar-refractivity contribution in [3.05, 3.63) is 47.5 Å². The topological polar surface area (TPSA) is 109 Å². The van der Waals surface area contributed by atoms with Crippen LogP contribution in [0.5, 0.6) is 23.0 Å². The monoisotopic (exact) mass is 431 g/mol. The van der Waals surface area contributed by atoms with Crippen LogP contribution in [0.15, 0.2) is 36.4 Å². The van der Waals surface area contributed by atoms with E-state index in [2.05, 4.69) is 5.32 Å². The highest BCUT2D eigenvalue weighted by atomic mass is 16.5. The van der Waals surface area contributed by atoms with Gasteiger partial charge in [0.15, 0.2) is 18.1 Å². The second-order valence-corrected chi connectivity index (χ2v) is 6.27. The molecule has 0 fully saturated rings. The average Bonchev–Trinajstić information content (AvgIpc) is 2.80. The summed E-state index contributed by atoms with van der Waals surface area (Å²) in [6, 6.07) is 9.92. The van der Waals surface area contributed by atoms with Gasteiger partial charge in [-0.05, 0) is 36.2 Å². The zero-order chi connectivity index (χ0) is 22.8. The number of carbonyl (C=O) groups is 3. The lowest BCUT2D eigenvalue weighted by Crippen LogP contribution is -2.34. The van der Waals surface area contributed by atoms with Gasteiger partial charge < -0.3 is 23.7 Å². The first kappa shape index (κ1) is 23.5. The summed E-state index contributed by atoms with van der Waals surface area (Å²) < 4.78 is 25.9. The van der Waals surface area contributed by atoms with E-state index in [4.69, 9.17) is 23.7 Å². The number of rotatable bonds is 10. The molecule has 0 aliphatic rings. The number of aryl methyl sites for hydroxylation is 1. The number of methoxy groups -OCH3 is 4. The van der Waals surface area contributed by atoms with Gasteiger partial charge >= 0.3 is 5.97 Å². The standard InChI is InChI=1S/C22H25NO8/c1-27-16-8-6-5-7-15(16)22(26)23-19(24)13-31-20(25)10-9-14-11-17(28-2)21(30-4)18(12-14)29-3/h5-8,11-12H,9-10,13H2,1-4H3,(H,23,24,26). The molecule has 2 amide bonds. The van der Waals surface area contributed by atoms with Gasteiger partial charge in [0.05, 0.1) is 34.0 Å². The Morgan fingerprint density at radius 1 is 0.839 bits per heavy atom. The van der Waals surface area contributed by atoms with Crippen LogP contribution in [0, 0.1) is 0 Å². The van der Waals surface area contributed by atoms with Gasteiger partial charge in [-0.2, -0.15) is 0 Å². The number of ether oxygens (including phenoxy) is 5. The van der Waals surface area contributed by atoms with Crippen molar-refractivity contribution in [2.45, 2.75) is 12.8 Å². The fraction of sp³-hybridized carbons (Fsp3) is 0.318. The zero-order valence-electron chi connectivity index (χ0n) is 17.9. The van der Waals surface area contributed by atoms with Gasteiger partial charge in [0, 0.05) is 6.42 Å². The van der Waals surface area contributed by atoms with Gasteiger partial charge in [-0.3, -0.25) is 19.7 Å². The molecule has 0 heterocycles. The normalized spacial score (nSPS) is 10.1. The third-order valence-corrected chi connectivity index (χ3v) is 4.31. The summed E-state index contributed by atoms with van der Waals surface area (Å²) >= 11 is 0. The van der Waals surface area contributed by atoms with Gasteiger partial charge in [-0.25, -0.2) is 0 Å². The summed E-state index contributed by atoms with van der Waals surface area (Å²) in [4.78, 5) is 36.1. The van der Waals surface area contributed by atoms with Crippen LogP contribution in [0.1, 0.15) is 22.3 Å². The molecule has 9 heteroatoms. The van der Waals surface area contributed by atoms with E-state index in [9.17, 15) is 14.4 Å². The van der Waals surface area contributed by atoms with E-state index in [0.717, 1.165) is 5.56 Å². The molecule has 0 atom stereocenters. The predicted molar refractivity (Wildman–Crippen MR) is 111 cm³/mol. The fourth-order valence-electron chi connectivity index (χ4n) is 2.81. The van der Waals surface area contributed by atoms with E-state index < -0.39 is 24.4 Å². The lowest BCUT2D eigenvalue weighted by Gasteiger charge is -2.14. The van der Waals surface area contributed by atoms with Crippen molar-refractivity contribution in [2.75, 3.05) is 35.0 Å². The summed E-state index contributed by atoms with van der Waals surface area (Å²) in [6.07, 6.45) is 0.351. The number of hydrogen-bond acceptors (Lipinski definition) is 8. The number of carbonyl (C=O) groups excluding carboxylic acids is 3. The number of hydrogen-bond donors (Lipinski definition) is 1. The number of esters is 1. The average molecular weight is 431 g/mol. The molecule has 0 aromatic heterocycles. The Balaban J connectivity index is 1.87. The van der Waals surface area contributed by atoms with Crippen LogP contribution in [-0.4, -0.2) is 52.8 Å². The minimum Gasteiger partial charge on any atom is -0.496 e. The Hall–Kier alpha value is -3.75. The number of imide groups is 1. The minimum atomic E-state index is -0.739. The highest BCUT2D eigenvalue weighted by molar-refractivity contribution is 6.06. The van der Waals surface area contributed by atoms with E-state index in [1.807, 2.05) is 0 Å². The molecule has 2 aromatic rings. The lowest BCUT2D eigenvalue weighted by molar-refractivity contribution is -0.148. The summed E-state index contributed by atoms with van der Waals surface area (Å²) in [5.41, 5.74) is 0.967. The van der Waals surface area contributed by atoms with Gasteiger partial charge in [0.1, 0.15) is 5.75 Å². The first-order valence-corrected chi connectivity index (χ1v) is 9.35. The molecule has 0 aliphatic heterocycles. The van der Waals surface area contributed by atoms with Crippen molar-refractivity contribution >= 4 is 17.8 Å². The number of amides is 2. The minimum absolute atomic E-state index is 0.0202. The number of benzene rings is 2. The largest absolute Gasteiger partial charge is 0.496 e. The quantitative estimate of drug-likeness (QED) is 0.570. The van der Waals surface area contributed by atoms with Crippen LogP contribution >= 0.6 is 0 Å². The molecule has 0 unspecified atom stereocenters. The summed E-state index contributed by atoms with van der Waals surface area (Å²) in [6.45, 7) is -0.574. The highest BCUT2D eigenvalue weighted by Gasteiger charge is 2.17. The maximum absolute atomic E-state index is 12.2. The van der Waals surface area contributed by atoms with Crippen LogP contribution in [0.2, 0.25) is 0 Å². The van der Waals surface area contributed by atoms with Crippen molar-refractivity contribution < 1.29 is 38.1 Å². The predicted octanol–water partition coefficient (Wildman–Crippen LogP) is 2.15. The molecule has 2 rings (SSSR count). The highest BCUT2D eigenvalue weighted by Crippen LogP contribution is 2.38. The smallest absolute Gasteiger partial charge is 0.306 e. The first-order chi connectivity index (χ1) is 14.9. The molecular weight excluding hydrogens is 406 g/mol. The van der Waals surface area contributed by atoms with Crippen molar-refractivity contribution in [2.24, 2.45) is 0 Å². The van der Waals surface area contributed by atoms with E-state index in [1.165, 1.54) is 34.5 Å². The molecule has 9 nitrogen and oxygen atoms in total. The third kappa shape index (κ3) is 6.36. The lowest BCUT2D eigenvalue weighted by atomic mass is 10.1. The van der Waals surface area contributed by atoms with Gasteiger partial charge in [-0.1, -0.05) is 12.1 Å². The maximum Gasteiger partial charge on any atom is 0.306 e. The molecule has 0 saturated carbocycles. The van der Waals surface area contributed by atoms with Crippen LogP contribution < -0.4 is 24.3 Å². The Labute approximate surface area is 180 Å². The van der Waals surface area contributed by atoms with E-state index in [-0.39, 0.29) is 12.0 Å². The molecule has 0 spiro atoms. The Kier molecular flexibility index (Phi) is 8.68. The Bertz CT molecular complexity index is 916. The molecule has 0 bridgehead atoms. The molecule has 166 valence electrons. The number of nitrogens with one attached hydrogen (secondary N) is 1. The SMILES string of the molecule is COc1ccccc1C(=O)NC(=O)COC(=O)CCc1cc(OC)c(OC)c(OC)c1. The molecule has 1 N–H and O–H groups in total. The van der Waals surface area contributed by atoms with Crippen molar-refractivity contribution in [1.82, 2.24) is 5.32 Å². The van der Waals surface area contributed by atoms with Crippen LogP contribution in [0.4, 0.5) is 0 Å². The van der Waals surface area contributed by atoms with Crippen LogP contribution in [0.3, 0.4) is 0 Å². The van der Waals surface area contributed by atoms with E-state index >= 15 is 0 Å². The molecule has 0 radical (unpaired) electrons. The van der Waals surface area contributed by atoms with Crippen molar-refractivity contribution in [1.29, 1.82) is 0 Å². The van der Waals surface area contributed by atoms with Gasteiger partial charge in [0.2, 0.25) is 5.75 Å². The van der Waals surface area contributed by atoms with E-state index in [0.29, 0.717) is 29.4 Å². The Morgan fingerprint density at radius 2 is 1.45 bits per heavy atom. The van der Waals surface area contributed by atoms with Crippen LogP contribution in [0.25, 0.3) is 0 Å². The number of para-hydroxylation sites is 1. The second-order valence-electron chi connectivity index (χ2n) is 6.27. The zero-order valence-corrected chi connectivity index (χ0v) is 17.9. The first-order valence-electron chi connectivity index (χ1n) is 9.35. The Morgan fingerprint density at radius 3 is 2.03 bits per heavy atom. The molecule has 2 aromatic carbocycles. The van der Waals surface area contributed by atoms with Gasteiger partial charge in [-0.15, -0.1) is 0 Å². The summed E-state index contributed by atoms with van der Waals surface area (Å²) in [5, 5.41) is 2.16. The third-order valence-electron chi connectivity index (χ3n) is 4.31. The van der Waals surface area contributed by atoms with Gasteiger partial charge in [0.25, 0.3) is 11.8 Å². The molecular formula is C22H25NO8. The second kappa shape index (κ2) is 11.4. The summed E-state index contributed by atoms with van der Waals surface area (Å²) in [5.74, 6) is -0.247. The summed E-state index contributed by atoms with van der Waals surface area (Å²) in [7, 11) is 5.92. The molecule has 31 heavy (non-hydrogen) atoms. The van der Waals surface area contributed by atoms with Crippen molar-refractivity contribution in [3.63, 3.8) is 0 Å². The van der Waals surface area contributed by atoms with E-state index in [1.54, 1.807) is 30.3 Å². The molecule has 0 saturated heterocycles. The van der Waals surface area contributed by atoms with Crippen molar-refractivity contribution in [3.8, 4) is 23.0 Å². The maximum atomic E-state index is 12.2. The fourth-order valence-corrected chi connectivity index (χ4v) is 2.81. The van der Waals surface area contributed by atoms with Crippen LogP contribution in [-0.2, 0) is 20.7 Å².